The van der Waals surface area contributed by atoms with Crippen molar-refractivity contribution in [1.82, 2.24) is 0 Å². The highest BCUT2D eigenvalue weighted by atomic mass is 35.5. The van der Waals surface area contributed by atoms with E-state index in [4.69, 9.17) is 11.6 Å². The molecular weight excluding hydrogens is 206 g/mol. The van der Waals surface area contributed by atoms with E-state index in [2.05, 4.69) is 4.74 Å². The van der Waals surface area contributed by atoms with E-state index in [1.165, 1.54) is 25.5 Å². The molecule has 0 aliphatic heterocycles. The smallest absolute Gasteiger partial charge is 0.278 e. The first-order valence-corrected chi connectivity index (χ1v) is 4.16. The van der Waals surface area contributed by atoms with Crippen LogP contribution in [0.25, 0.3) is 6.08 Å². The summed E-state index contributed by atoms with van der Waals surface area (Å²) in [5.41, 5.74) is 0.423. The molecule has 0 amide bonds. The third-order valence-electron chi connectivity index (χ3n) is 1.57. The van der Waals surface area contributed by atoms with Crippen molar-refractivity contribution < 1.29 is 9.66 Å². The van der Waals surface area contributed by atoms with Gasteiger partial charge in [0.15, 0.2) is 0 Å². The molecule has 1 rings (SSSR count). The lowest BCUT2D eigenvalue weighted by Crippen LogP contribution is -1.91. The number of ether oxygens (including phenoxy) is 1. The third kappa shape index (κ3) is 2.47. The van der Waals surface area contributed by atoms with Crippen LogP contribution in [0.2, 0.25) is 5.02 Å². The number of nitro benzene ring substituents is 1. The fourth-order valence-electron chi connectivity index (χ4n) is 0.957. The Balaban J connectivity index is 3.15. The normalized spacial score (nSPS) is 10.4. The van der Waals surface area contributed by atoms with Crippen molar-refractivity contribution in [1.29, 1.82) is 0 Å². The lowest BCUT2D eigenvalue weighted by molar-refractivity contribution is -0.385. The quantitative estimate of drug-likeness (QED) is 0.441. The second kappa shape index (κ2) is 4.62. The van der Waals surface area contributed by atoms with Crippen LogP contribution in [-0.2, 0) is 4.74 Å². The molecule has 74 valence electrons. The number of halogens is 1. The SMILES string of the molecule is COC=Cc1ccc(Cl)cc1[N+](=O)[O-]. The van der Waals surface area contributed by atoms with Gasteiger partial charge in [-0.2, -0.15) is 0 Å². The van der Waals surface area contributed by atoms with Crippen LogP contribution in [0.3, 0.4) is 0 Å². The maximum absolute atomic E-state index is 10.6. The minimum absolute atomic E-state index is 0.0363. The van der Waals surface area contributed by atoms with Crippen LogP contribution in [0.4, 0.5) is 5.69 Å². The lowest BCUT2D eigenvalue weighted by atomic mass is 10.2. The highest BCUT2D eigenvalue weighted by Crippen LogP contribution is 2.24. The van der Waals surface area contributed by atoms with Gasteiger partial charge in [-0.3, -0.25) is 10.1 Å². The topological polar surface area (TPSA) is 52.4 Å². The Kier molecular flexibility index (Phi) is 3.48. The van der Waals surface area contributed by atoms with Gasteiger partial charge >= 0.3 is 0 Å². The highest BCUT2D eigenvalue weighted by molar-refractivity contribution is 6.30. The van der Waals surface area contributed by atoms with Crippen molar-refractivity contribution in [2.24, 2.45) is 0 Å². The molecule has 0 heterocycles. The van der Waals surface area contributed by atoms with Crippen LogP contribution in [0.15, 0.2) is 24.5 Å². The summed E-state index contributed by atoms with van der Waals surface area (Å²) in [7, 11) is 1.47. The van der Waals surface area contributed by atoms with Gasteiger partial charge in [-0.15, -0.1) is 0 Å². The van der Waals surface area contributed by atoms with Gasteiger partial charge in [0.2, 0.25) is 0 Å². The lowest BCUT2D eigenvalue weighted by Gasteiger charge is -1.97. The van der Waals surface area contributed by atoms with Crippen LogP contribution in [0.5, 0.6) is 0 Å². The molecule has 1 aromatic carbocycles. The molecule has 0 unspecified atom stereocenters. The average Bonchev–Trinajstić information content (AvgIpc) is 2.15. The summed E-state index contributed by atoms with van der Waals surface area (Å²) in [5.74, 6) is 0. The summed E-state index contributed by atoms with van der Waals surface area (Å²) in [6.45, 7) is 0. The molecule has 0 aliphatic rings. The van der Waals surface area contributed by atoms with Crippen molar-refractivity contribution in [2.45, 2.75) is 0 Å². The summed E-state index contributed by atoms with van der Waals surface area (Å²) in [6.07, 6.45) is 2.88. The maximum Gasteiger partial charge on any atom is 0.278 e. The van der Waals surface area contributed by atoms with Gasteiger partial charge in [-0.1, -0.05) is 11.6 Å². The van der Waals surface area contributed by atoms with E-state index in [0.717, 1.165) is 0 Å². The van der Waals surface area contributed by atoms with Crippen LogP contribution >= 0.6 is 11.6 Å². The molecule has 1 aromatic rings. The van der Waals surface area contributed by atoms with E-state index in [-0.39, 0.29) is 5.69 Å². The minimum atomic E-state index is -0.485. The van der Waals surface area contributed by atoms with Gasteiger partial charge in [0, 0.05) is 11.1 Å². The molecule has 0 radical (unpaired) electrons. The first-order chi connectivity index (χ1) is 6.65. The Morgan fingerprint density at radius 1 is 1.57 bits per heavy atom. The minimum Gasteiger partial charge on any atom is -0.504 e. The maximum atomic E-state index is 10.6. The summed E-state index contributed by atoms with van der Waals surface area (Å²) in [5, 5.41) is 10.9. The molecular formula is C9H8ClNO3. The number of nitrogens with zero attached hydrogens (tertiary/aromatic N) is 1. The zero-order chi connectivity index (χ0) is 10.6. The largest absolute Gasteiger partial charge is 0.504 e. The van der Waals surface area contributed by atoms with Gasteiger partial charge < -0.3 is 4.74 Å². The summed E-state index contributed by atoms with van der Waals surface area (Å²) >= 11 is 5.64. The van der Waals surface area contributed by atoms with E-state index in [0.29, 0.717) is 10.6 Å². The fraction of sp³-hybridized carbons (Fsp3) is 0.111. The Morgan fingerprint density at radius 3 is 2.86 bits per heavy atom. The standard InChI is InChI=1S/C9H8ClNO3/c1-14-5-4-7-2-3-8(10)6-9(7)11(12)13/h2-6H,1H3. The second-order valence-corrected chi connectivity index (χ2v) is 2.94. The molecule has 0 spiro atoms. The monoisotopic (exact) mass is 213 g/mol. The van der Waals surface area contributed by atoms with E-state index >= 15 is 0 Å². The van der Waals surface area contributed by atoms with Crippen molar-refractivity contribution in [2.75, 3.05) is 7.11 Å². The van der Waals surface area contributed by atoms with Gasteiger partial charge in [0.25, 0.3) is 5.69 Å². The number of rotatable bonds is 3. The van der Waals surface area contributed by atoms with Crippen molar-refractivity contribution >= 4 is 23.4 Å². The second-order valence-electron chi connectivity index (χ2n) is 2.50. The van der Waals surface area contributed by atoms with E-state index in [1.54, 1.807) is 12.1 Å². The molecule has 0 aromatic heterocycles. The number of hydrogen-bond donors (Lipinski definition) is 0. The van der Waals surface area contributed by atoms with Gasteiger partial charge in [0.05, 0.1) is 23.9 Å². The molecule has 5 heteroatoms. The predicted molar refractivity (Wildman–Crippen MR) is 54.1 cm³/mol. The van der Waals surface area contributed by atoms with E-state index in [9.17, 15) is 10.1 Å². The van der Waals surface area contributed by atoms with Gasteiger partial charge in [0.1, 0.15) is 0 Å². The Hall–Kier alpha value is -1.55. The zero-order valence-electron chi connectivity index (χ0n) is 7.44. The van der Waals surface area contributed by atoms with Crippen LogP contribution in [-0.4, -0.2) is 12.0 Å². The molecule has 4 nitrogen and oxygen atoms in total. The number of methoxy groups -OCH3 is 1. The Bertz CT molecular complexity index is 376. The summed E-state index contributed by atoms with van der Waals surface area (Å²) < 4.78 is 4.67. The molecule has 0 saturated carbocycles. The predicted octanol–water partition coefficient (Wildman–Crippen LogP) is 2.87. The molecule has 0 aliphatic carbocycles. The van der Waals surface area contributed by atoms with Gasteiger partial charge in [-0.05, 0) is 18.2 Å². The van der Waals surface area contributed by atoms with Gasteiger partial charge in [-0.25, -0.2) is 0 Å². The zero-order valence-corrected chi connectivity index (χ0v) is 8.19. The summed E-state index contributed by atoms with van der Waals surface area (Å²) in [6, 6.07) is 4.46. The molecule has 14 heavy (non-hydrogen) atoms. The number of hydrogen-bond acceptors (Lipinski definition) is 3. The van der Waals surface area contributed by atoms with Crippen molar-refractivity contribution in [3.63, 3.8) is 0 Å². The fourth-order valence-corrected chi connectivity index (χ4v) is 1.12. The molecule has 0 N–H and O–H groups in total. The van der Waals surface area contributed by atoms with Crippen molar-refractivity contribution in [3.8, 4) is 0 Å². The number of nitro groups is 1. The molecule has 0 fully saturated rings. The van der Waals surface area contributed by atoms with Crippen LogP contribution in [0, 0.1) is 10.1 Å². The molecule has 0 atom stereocenters. The highest BCUT2D eigenvalue weighted by Gasteiger charge is 2.11. The van der Waals surface area contributed by atoms with Crippen LogP contribution < -0.4 is 0 Å². The first-order valence-electron chi connectivity index (χ1n) is 3.78. The van der Waals surface area contributed by atoms with E-state index < -0.39 is 4.92 Å². The average molecular weight is 214 g/mol. The third-order valence-corrected chi connectivity index (χ3v) is 1.81. The summed E-state index contributed by atoms with van der Waals surface area (Å²) in [4.78, 5) is 10.1. The van der Waals surface area contributed by atoms with E-state index in [1.807, 2.05) is 0 Å². The Labute approximate surface area is 85.9 Å². The Morgan fingerprint density at radius 2 is 2.29 bits per heavy atom. The molecule has 0 bridgehead atoms. The first kappa shape index (κ1) is 10.5. The van der Waals surface area contributed by atoms with Crippen LogP contribution in [0.1, 0.15) is 5.56 Å². The molecule has 0 saturated heterocycles. The van der Waals surface area contributed by atoms with Crippen molar-refractivity contribution in [3.05, 3.63) is 45.2 Å². The number of benzene rings is 1.